The number of nitrogens with one attached hydrogen (secondary N) is 1. The first kappa shape index (κ1) is 34.6. The number of carbonyl (C=O) groups is 1. The van der Waals surface area contributed by atoms with E-state index in [1.807, 2.05) is 71.0 Å². The molecule has 0 saturated heterocycles. The fourth-order valence-electron chi connectivity index (χ4n) is 4.20. The molecule has 1 amide bonds. The number of aliphatic hydroxyl groups is 1. The molecule has 39 heavy (non-hydrogen) atoms. The summed E-state index contributed by atoms with van der Waals surface area (Å²) in [6.45, 7) is 14.0. The van der Waals surface area contributed by atoms with E-state index in [0.29, 0.717) is 12.8 Å². The third kappa shape index (κ3) is 16.3. The number of alkyl carbamates (subject to hydrolysis) is 1. The SMILES string of the molecule is CC(C)CCCC[C@H](N)c1ccccc1.CC(C)[C@H](C[C@H](O)[C@@H](N)Cc1ccccc1)NC(=O)OC(C)(C)C. The smallest absolute Gasteiger partial charge is 0.407 e. The fourth-order valence-corrected chi connectivity index (χ4v) is 4.20. The van der Waals surface area contributed by atoms with Gasteiger partial charge in [-0.3, -0.25) is 0 Å². The minimum Gasteiger partial charge on any atom is -0.444 e. The van der Waals surface area contributed by atoms with Gasteiger partial charge in [-0.25, -0.2) is 4.79 Å². The van der Waals surface area contributed by atoms with E-state index < -0.39 is 17.8 Å². The van der Waals surface area contributed by atoms with Gasteiger partial charge in [0, 0.05) is 18.1 Å². The maximum atomic E-state index is 12.0. The Labute approximate surface area is 237 Å². The lowest BCUT2D eigenvalue weighted by atomic mass is 9.92. The first-order valence-corrected chi connectivity index (χ1v) is 14.6. The summed E-state index contributed by atoms with van der Waals surface area (Å²) in [5.74, 6) is 0.981. The van der Waals surface area contributed by atoms with Crippen LogP contribution in [-0.2, 0) is 11.2 Å². The second-order valence-electron chi connectivity index (χ2n) is 12.3. The fraction of sp³-hybridized carbons (Fsp3) is 0.606. The number of amides is 1. The molecule has 2 aromatic carbocycles. The van der Waals surface area contributed by atoms with Crippen LogP contribution in [-0.4, -0.2) is 35.0 Å². The Morgan fingerprint density at radius 3 is 1.95 bits per heavy atom. The molecule has 0 aliphatic rings. The van der Waals surface area contributed by atoms with E-state index in [0.717, 1.165) is 17.9 Å². The number of unbranched alkanes of at least 4 members (excludes halogenated alkanes) is 1. The Balaban J connectivity index is 0.000000434. The van der Waals surface area contributed by atoms with Crippen molar-refractivity contribution in [1.82, 2.24) is 5.32 Å². The van der Waals surface area contributed by atoms with E-state index >= 15 is 0 Å². The largest absolute Gasteiger partial charge is 0.444 e. The third-order valence-electron chi connectivity index (χ3n) is 6.59. The Kier molecular flexibility index (Phi) is 16.0. The minimum absolute atomic E-state index is 0.163. The average molecular weight is 542 g/mol. The van der Waals surface area contributed by atoms with Gasteiger partial charge >= 0.3 is 6.09 Å². The maximum absolute atomic E-state index is 12.0. The zero-order valence-electron chi connectivity index (χ0n) is 25.4. The Bertz CT molecular complexity index is 897. The van der Waals surface area contributed by atoms with Crippen LogP contribution in [0, 0.1) is 11.8 Å². The van der Waals surface area contributed by atoms with E-state index in [1.54, 1.807) is 0 Å². The quantitative estimate of drug-likeness (QED) is 0.209. The van der Waals surface area contributed by atoms with E-state index in [1.165, 1.54) is 24.8 Å². The van der Waals surface area contributed by atoms with Crippen LogP contribution in [0.4, 0.5) is 4.79 Å². The average Bonchev–Trinajstić information content (AvgIpc) is 2.86. The van der Waals surface area contributed by atoms with Crippen LogP contribution in [0.15, 0.2) is 60.7 Å². The van der Waals surface area contributed by atoms with E-state index in [2.05, 4.69) is 43.4 Å². The number of carbonyl (C=O) groups excluding carboxylic acids is 1. The first-order chi connectivity index (χ1) is 18.3. The third-order valence-corrected chi connectivity index (χ3v) is 6.59. The highest BCUT2D eigenvalue weighted by Crippen LogP contribution is 2.18. The molecule has 0 saturated carbocycles. The summed E-state index contributed by atoms with van der Waals surface area (Å²) < 4.78 is 5.29. The second kappa shape index (κ2) is 18.0. The van der Waals surface area contributed by atoms with E-state index in [-0.39, 0.29) is 24.0 Å². The summed E-state index contributed by atoms with van der Waals surface area (Å²) >= 11 is 0. The van der Waals surface area contributed by atoms with Gasteiger partial charge in [-0.15, -0.1) is 0 Å². The summed E-state index contributed by atoms with van der Waals surface area (Å²) in [5, 5.41) is 13.3. The zero-order valence-corrected chi connectivity index (χ0v) is 25.4. The number of ether oxygens (including phenoxy) is 1. The van der Waals surface area contributed by atoms with Crippen LogP contribution in [0.25, 0.3) is 0 Å². The molecule has 0 aliphatic carbocycles. The van der Waals surface area contributed by atoms with Gasteiger partial charge in [0.05, 0.1) is 6.10 Å². The molecule has 6 heteroatoms. The molecule has 6 nitrogen and oxygen atoms in total. The van der Waals surface area contributed by atoms with Crippen LogP contribution in [0.3, 0.4) is 0 Å². The highest BCUT2D eigenvalue weighted by atomic mass is 16.6. The lowest BCUT2D eigenvalue weighted by Crippen LogP contribution is -2.47. The Hall–Kier alpha value is -2.41. The van der Waals surface area contributed by atoms with Crippen molar-refractivity contribution in [3.63, 3.8) is 0 Å². The van der Waals surface area contributed by atoms with Crippen LogP contribution in [0.2, 0.25) is 0 Å². The van der Waals surface area contributed by atoms with Gasteiger partial charge in [0.25, 0.3) is 0 Å². The van der Waals surface area contributed by atoms with E-state index in [4.69, 9.17) is 16.2 Å². The number of hydrogen-bond donors (Lipinski definition) is 4. The molecule has 0 bridgehead atoms. The Morgan fingerprint density at radius 1 is 0.897 bits per heavy atom. The van der Waals surface area contributed by atoms with Crippen molar-refractivity contribution in [3.05, 3.63) is 71.8 Å². The molecular weight excluding hydrogens is 486 g/mol. The van der Waals surface area contributed by atoms with Crippen LogP contribution in [0.5, 0.6) is 0 Å². The summed E-state index contributed by atoms with van der Waals surface area (Å²) in [5.41, 5.74) is 14.1. The summed E-state index contributed by atoms with van der Waals surface area (Å²) in [7, 11) is 0. The second-order valence-corrected chi connectivity index (χ2v) is 12.3. The predicted octanol–water partition coefficient (Wildman–Crippen LogP) is 6.76. The maximum Gasteiger partial charge on any atom is 0.407 e. The molecule has 0 fully saturated rings. The topological polar surface area (TPSA) is 111 Å². The molecule has 2 rings (SSSR count). The van der Waals surface area contributed by atoms with Crippen molar-refractivity contribution in [3.8, 4) is 0 Å². The highest BCUT2D eigenvalue weighted by molar-refractivity contribution is 5.68. The number of rotatable bonds is 13. The molecule has 220 valence electrons. The first-order valence-electron chi connectivity index (χ1n) is 14.6. The van der Waals surface area contributed by atoms with Crippen molar-refractivity contribution in [1.29, 1.82) is 0 Å². The normalized spacial score (nSPS) is 14.7. The standard InChI is InChI=1S/C19H32N2O3.C14H23N/c1-13(2)16(21-18(23)24-19(3,4)5)12-17(22)15(20)11-14-9-7-6-8-10-14;1-12(2)8-6-7-11-14(15)13-9-4-3-5-10-13/h6-10,13,15-17,22H,11-12,20H2,1-5H3,(H,21,23);3-5,9-10,12,14H,6-8,11,15H2,1-2H3/t15-,16-,17-;14-/m00/s1. The highest BCUT2D eigenvalue weighted by Gasteiger charge is 2.26. The predicted molar refractivity (Wildman–Crippen MR) is 163 cm³/mol. The van der Waals surface area contributed by atoms with Crippen LogP contribution in [0.1, 0.15) is 97.7 Å². The van der Waals surface area contributed by atoms with Crippen molar-refractivity contribution >= 4 is 6.09 Å². The minimum atomic E-state index is -0.701. The van der Waals surface area contributed by atoms with Crippen LogP contribution < -0.4 is 16.8 Å². The lowest BCUT2D eigenvalue weighted by molar-refractivity contribution is 0.0451. The molecule has 0 spiro atoms. The van der Waals surface area contributed by atoms with Crippen molar-refractivity contribution < 1.29 is 14.6 Å². The summed E-state index contributed by atoms with van der Waals surface area (Å²) in [6, 6.07) is 19.9. The van der Waals surface area contributed by atoms with Crippen molar-refractivity contribution in [2.24, 2.45) is 23.3 Å². The van der Waals surface area contributed by atoms with Gasteiger partial charge < -0.3 is 26.6 Å². The molecule has 0 radical (unpaired) electrons. The molecule has 0 aliphatic heterocycles. The Morgan fingerprint density at radius 2 is 1.44 bits per heavy atom. The van der Waals surface area contributed by atoms with Crippen LogP contribution >= 0.6 is 0 Å². The molecular formula is C33H55N3O3. The molecule has 6 N–H and O–H groups in total. The summed E-state index contributed by atoms with van der Waals surface area (Å²) in [4.78, 5) is 12.0. The molecule has 0 aromatic heterocycles. The number of aliphatic hydroxyl groups excluding tert-OH is 1. The molecule has 4 atom stereocenters. The van der Waals surface area contributed by atoms with Crippen molar-refractivity contribution in [2.45, 2.75) is 117 Å². The van der Waals surface area contributed by atoms with Gasteiger partial charge in [0.1, 0.15) is 5.60 Å². The molecule has 0 unspecified atom stereocenters. The van der Waals surface area contributed by atoms with Gasteiger partial charge in [-0.05, 0) is 63.0 Å². The van der Waals surface area contributed by atoms with Gasteiger partial charge in [0.15, 0.2) is 0 Å². The lowest BCUT2D eigenvalue weighted by Gasteiger charge is -2.29. The number of nitrogens with two attached hydrogens (primary N) is 2. The van der Waals surface area contributed by atoms with Gasteiger partial charge in [0.2, 0.25) is 0 Å². The molecule has 2 aromatic rings. The molecule has 0 heterocycles. The van der Waals surface area contributed by atoms with Gasteiger partial charge in [-0.1, -0.05) is 108 Å². The number of benzene rings is 2. The monoisotopic (exact) mass is 541 g/mol. The number of hydrogen-bond acceptors (Lipinski definition) is 5. The zero-order chi connectivity index (χ0) is 29.4. The van der Waals surface area contributed by atoms with E-state index in [9.17, 15) is 9.90 Å². The van der Waals surface area contributed by atoms with Crippen molar-refractivity contribution in [2.75, 3.05) is 0 Å². The summed E-state index contributed by atoms with van der Waals surface area (Å²) in [6.07, 6.45) is 4.80. The van der Waals surface area contributed by atoms with Gasteiger partial charge in [-0.2, -0.15) is 0 Å².